The summed E-state index contributed by atoms with van der Waals surface area (Å²) in [6.07, 6.45) is 3.71. The predicted octanol–water partition coefficient (Wildman–Crippen LogP) is 2.86. The van der Waals surface area contributed by atoms with Gasteiger partial charge in [0.15, 0.2) is 0 Å². The number of methoxy groups -OCH3 is 1. The number of epoxide rings is 1. The molecule has 0 aromatic carbocycles. The number of carbonyl (C=O) groups excluding carboxylic acids is 1. The van der Waals surface area contributed by atoms with E-state index in [9.17, 15) is 9.90 Å². The van der Waals surface area contributed by atoms with Gasteiger partial charge in [-0.2, -0.15) is 0 Å². The van der Waals surface area contributed by atoms with Gasteiger partial charge in [-0.05, 0) is 46.0 Å². The first-order valence-electron chi connectivity index (χ1n) is 8.83. The average Bonchev–Trinajstić information content (AvgIpc) is 3.25. The first-order valence-corrected chi connectivity index (χ1v) is 8.83. The van der Waals surface area contributed by atoms with Gasteiger partial charge in [-0.1, -0.05) is 18.6 Å². The molecule has 2 aliphatic rings. The Morgan fingerprint density at radius 1 is 1.46 bits per heavy atom. The number of hydrogen-bond donors (Lipinski definition) is 1. The van der Waals surface area contributed by atoms with E-state index >= 15 is 0 Å². The van der Waals surface area contributed by atoms with Crippen molar-refractivity contribution in [2.24, 2.45) is 11.8 Å². The van der Waals surface area contributed by atoms with Gasteiger partial charge in [0.05, 0.1) is 17.8 Å². The van der Waals surface area contributed by atoms with Gasteiger partial charge in [-0.25, -0.2) is 0 Å². The average molecular weight is 340 g/mol. The molecule has 1 saturated heterocycles. The van der Waals surface area contributed by atoms with E-state index in [-0.39, 0.29) is 35.6 Å². The van der Waals surface area contributed by atoms with Crippen molar-refractivity contribution in [3.05, 3.63) is 11.6 Å². The van der Waals surface area contributed by atoms with E-state index in [0.29, 0.717) is 13.0 Å². The highest BCUT2D eigenvalue weighted by Crippen LogP contribution is 2.53. The van der Waals surface area contributed by atoms with Crippen molar-refractivity contribution in [2.45, 2.75) is 77.3 Å². The smallest absolute Gasteiger partial charge is 0.302 e. The van der Waals surface area contributed by atoms with Gasteiger partial charge in [0.1, 0.15) is 12.2 Å². The Morgan fingerprint density at radius 3 is 2.54 bits per heavy atom. The van der Waals surface area contributed by atoms with Crippen LogP contribution in [0.1, 0.15) is 53.9 Å². The third kappa shape index (κ3) is 3.84. The number of hydrogen-bond acceptors (Lipinski definition) is 5. The molecule has 5 heteroatoms. The van der Waals surface area contributed by atoms with Crippen LogP contribution in [0.3, 0.4) is 0 Å². The van der Waals surface area contributed by atoms with E-state index in [1.54, 1.807) is 7.11 Å². The van der Waals surface area contributed by atoms with Crippen molar-refractivity contribution >= 4 is 5.97 Å². The molecule has 1 spiro atoms. The zero-order chi connectivity index (χ0) is 18.1. The van der Waals surface area contributed by atoms with E-state index in [2.05, 4.69) is 26.8 Å². The first kappa shape index (κ1) is 19.4. The van der Waals surface area contributed by atoms with Crippen LogP contribution in [0.15, 0.2) is 11.6 Å². The van der Waals surface area contributed by atoms with E-state index in [4.69, 9.17) is 14.2 Å². The molecule has 0 amide bonds. The molecular weight excluding hydrogens is 308 g/mol. The molecule has 1 aliphatic heterocycles. The second kappa shape index (κ2) is 7.14. The van der Waals surface area contributed by atoms with Crippen molar-refractivity contribution in [3.8, 4) is 0 Å². The van der Waals surface area contributed by atoms with Crippen molar-refractivity contribution in [1.82, 2.24) is 0 Å². The highest BCUT2D eigenvalue weighted by atomic mass is 16.6. The SMILES string of the molecule is CO[C@@H]1[C@H](OC(C)=O)CC[C@]2(CO2)[C@H]1[C@@](C)(O)C(C)CC=C(C)C. The van der Waals surface area contributed by atoms with E-state index < -0.39 is 5.60 Å². The van der Waals surface area contributed by atoms with Crippen LogP contribution < -0.4 is 0 Å². The first-order chi connectivity index (χ1) is 11.1. The van der Waals surface area contributed by atoms with E-state index in [0.717, 1.165) is 12.8 Å². The molecule has 1 N–H and O–H groups in total. The number of allylic oxidation sites excluding steroid dienone is 2. The second-order valence-corrected chi connectivity index (χ2v) is 7.86. The Morgan fingerprint density at radius 2 is 2.08 bits per heavy atom. The lowest BCUT2D eigenvalue weighted by atomic mass is 9.63. The summed E-state index contributed by atoms with van der Waals surface area (Å²) >= 11 is 0. The van der Waals surface area contributed by atoms with Crippen LogP contribution in [-0.4, -0.2) is 48.2 Å². The molecule has 6 atom stereocenters. The van der Waals surface area contributed by atoms with Crippen LogP contribution in [0.25, 0.3) is 0 Å². The quantitative estimate of drug-likeness (QED) is 0.457. The third-order valence-electron chi connectivity index (χ3n) is 5.73. The molecule has 0 aromatic heterocycles. The summed E-state index contributed by atoms with van der Waals surface area (Å²) in [5, 5.41) is 11.4. The van der Waals surface area contributed by atoms with Gasteiger partial charge >= 0.3 is 5.97 Å². The highest BCUT2D eigenvalue weighted by Gasteiger charge is 2.65. The molecule has 1 saturated carbocycles. The molecule has 1 unspecified atom stereocenters. The molecule has 1 heterocycles. The monoisotopic (exact) mass is 340 g/mol. The number of ether oxygens (including phenoxy) is 3. The van der Waals surface area contributed by atoms with E-state index in [1.165, 1.54) is 12.5 Å². The molecule has 2 fully saturated rings. The van der Waals surface area contributed by atoms with Crippen LogP contribution in [0, 0.1) is 11.8 Å². The Bertz CT molecular complexity index is 488. The summed E-state index contributed by atoms with van der Waals surface area (Å²) in [5.41, 5.74) is -0.0955. The summed E-state index contributed by atoms with van der Waals surface area (Å²) in [6, 6.07) is 0. The molecule has 138 valence electrons. The molecular formula is C19H32O5. The van der Waals surface area contributed by atoms with Gasteiger partial charge in [-0.15, -0.1) is 0 Å². The standard InChI is InChI=1S/C19H32O5/c1-12(2)7-8-13(3)18(5,21)17-16(22-6)15(24-14(4)20)9-10-19(17)11-23-19/h7,13,15-17,21H,8-11H2,1-6H3/t13?,15-,16-,17-,18+,19+/m1/s1. The van der Waals surface area contributed by atoms with Crippen molar-refractivity contribution in [1.29, 1.82) is 0 Å². The predicted molar refractivity (Wildman–Crippen MR) is 91.6 cm³/mol. The Hall–Kier alpha value is -0.910. The minimum absolute atomic E-state index is 0.0344. The normalized spacial score (nSPS) is 35.9. The fourth-order valence-corrected chi connectivity index (χ4v) is 4.09. The Balaban J connectivity index is 2.27. The van der Waals surface area contributed by atoms with Crippen molar-refractivity contribution < 1.29 is 24.1 Å². The van der Waals surface area contributed by atoms with Crippen LogP contribution in [0.4, 0.5) is 0 Å². The van der Waals surface area contributed by atoms with Gasteiger partial charge in [-0.3, -0.25) is 4.79 Å². The number of rotatable bonds is 6. The molecule has 5 nitrogen and oxygen atoms in total. The fourth-order valence-electron chi connectivity index (χ4n) is 4.09. The van der Waals surface area contributed by atoms with Crippen LogP contribution >= 0.6 is 0 Å². The molecule has 24 heavy (non-hydrogen) atoms. The maximum absolute atomic E-state index is 11.4. The molecule has 0 aromatic rings. The fraction of sp³-hybridized carbons (Fsp3) is 0.842. The summed E-state index contributed by atoms with van der Waals surface area (Å²) in [4.78, 5) is 11.4. The van der Waals surface area contributed by atoms with Crippen LogP contribution in [0.2, 0.25) is 0 Å². The van der Waals surface area contributed by atoms with Gasteiger partial charge in [0.2, 0.25) is 0 Å². The minimum atomic E-state index is -0.984. The number of carbonyl (C=O) groups is 1. The summed E-state index contributed by atoms with van der Waals surface area (Å²) in [6.45, 7) is 10.1. The van der Waals surface area contributed by atoms with Gasteiger partial charge in [0, 0.05) is 20.0 Å². The Labute approximate surface area is 145 Å². The lowest BCUT2D eigenvalue weighted by Crippen LogP contribution is -2.60. The second-order valence-electron chi connectivity index (χ2n) is 7.86. The number of aliphatic hydroxyl groups is 1. The minimum Gasteiger partial charge on any atom is -0.460 e. The van der Waals surface area contributed by atoms with E-state index in [1.807, 2.05) is 6.92 Å². The highest BCUT2D eigenvalue weighted by molar-refractivity contribution is 5.66. The largest absolute Gasteiger partial charge is 0.460 e. The zero-order valence-electron chi connectivity index (χ0n) is 15.8. The van der Waals surface area contributed by atoms with Crippen molar-refractivity contribution in [2.75, 3.05) is 13.7 Å². The van der Waals surface area contributed by atoms with Gasteiger partial charge < -0.3 is 19.3 Å². The maximum atomic E-state index is 11.4. The molecule has 1 aliphatic carbocycles. The topological polar surface area (TPSA) is 68.3 Å². The third-order valence-corrected chi connectivity index (χ3v) is 5.73. The summed E-state index contributed by atoms with van der Waals surface area (Å²) < 4.78 is 17.0. The lowest BCUT2D eigenvalue weighted by Gasteiger charge is -2.49. The molecule has 0 radical (unpaired) electrons. The molecule has 2 rings (SSSR count). The Kier molecular flexibility index (Phi) is 5.78. The summed E-state index contributed by atoms with van der Waals surface area (Å²) in [5.74, 6) is -0.508. The van der Waals surface area contributed by atoms with Gasteiger partial charge in [0.25, 0.3) is 0 Å². The van der Waals surface area contributed by atoms with Crippen molar-refractivity contribution in [3.63, 3.8) is 0 Å². The molecule has 0 bridgehead atoms. The lowest BCUT2D eigenvalue weighted by molar-refractivity contribution is -0.194. The van der Waals surface area contributed by atoms with Crippen LogP contribution in [0.5, 0.6) is 0 Å². The zero-order valence-corrected chi connectivity index (χ0v) is 15.8. The number of esters is 1. The maximum Gasteiger partial charge on any atom is 0.302 e. The van der Waals surface area contributed by atoms with Crippen LogP contribution in [-0.2, 0) is 19.0 Å². The summed E-state index contributed by atoms with van der Waals surface area (Å²) in [7, 11) is 1.62.